The molecule has 0 spiro atoms. The van der Waals surface area contributed by atoms with E-state index in [-0.39, 0.29) is 0 Å². The molecule has 3 heteroatoms. The molecule has 0 atom stereocenters. The van der Waals surface area contributed by atoms with Gasteiger partial charge in [0.2, 0.25) is 0 Å². The van der Waals surface area contributed by atoms with E-state index < -0.39 is 0 Å². The molecule has 0 N–H and O–H groups in total. The summed E-state index contributed by atoms with van der Waals surface area (Å²) < 4.78 is 1.17. The van der Waals surface area contributed by atoms with E-state index in [9.17, 15) is 4.79 Å². The second-order valence-corrected chi connectivity index (χ2v) is 8.88. The number of halogens is 1. The van der Waals surface area contributed by atoms with Crippen LogP contribution in [0, 0.1) is 3.57 Å². The molecule has 0 aliphatic heterocycles. The molecular weight excluding hydrogens is 439 g/mol. The molecule has 1 rings (SSSR count). The maximum atomic E-state index is 11.1. The highest BCUT2D eigenvalue weighted by Crippen LogP contribution is 2.24. The molecule has 0 unspecified atom stereocenters. The van der Waals surface area contributed by atoms with Crippen LogP contribution in [0.25, 0.3) is 0 Å². The molecule has 1 nitrogen and oxygen atoms in total. The van der Waals surface area contributed by atoms with Crippen molar-refractivity contribution < 1.29 is 4.79 Å². The van der Waals surface area contributed by atoms with Crippen molar-refractivity contribution in [1.29, 1.82) is 0 Å². The molecule has 25 heavy (non-hydrogen) atoms. The quantitative estimate of drug-likeness (QED) is 0.152. The van der Waals surface area contributed by atoms with Crippen molar-refractivity contribution in [2.75, 3.05) is 5.75 Å². The van der Waals surface area contributed by atoms with Crippen LogP contribution in [0.2, 0.25) is 0 Å². The summed E-state index contributed by atoms with van der Waals surface area (Å²) in [6.45, 7) is 8.73. The van der Waals surface area contributed by atoms with Crippen molar-refractivity contribution in [1.82, 2.24) is 0 Å². The number of rotatable bonds is 10. The van der Waals surface area contributed by atoms with E-state index in [1.807, 2.05) is 12.1 Å². The van der Waals surface area contributed by atoms with Gasteiger partial charge in [0.15, 0.2) is 6.29 Å². The monoisotopic (exact) mass is 468 g/mol. The van der Waals surface area contributed by atoms with Gasteiger partial charge in [-0.15, -0.1) is 11.8 Å². The van der Waals surface area contributed by atoms with Gasteiger partial charge in [0.1, 0.15) is 0 Å². The van der Waals surface area contributed by atoms with Crippen LogP contribution in [-0.2, 0) is 0 Å². The molecule has 0 aromatic heterocycles. The topological polar surface area (TPSA) is 17.1 Å². The van der Waals surface area contributed by atoms with E-state index in [1.54, 1.807) is 11.8 Å². The van der Waals surface area contributed by atoms with Crippen molar-refractivity contribution in [2.24, 2.45) is 0 Å². The van der Waals surface area contributed by atoms with Gasteiger partial charge < -0.3 is 0 Å². The summed E-state index contributed by atoms with van der Waals surface area (Å²) in [7, 11) is 0. The van der Waals surface area contributed by atoms with Gasteiger partial charge in [-0.05, 0) is 94.2 Å². The summed E-state index contributed by atoms with van der Waals surface area (Å²) in [5.41, 5.74) is 5.08. The van der Waals surface area contributed by atoms with E-state index >= 15 is 0 Å². The number of carbonyl (C=O) groups excluding carboxylic acids is 1. The Kier molecular flexibility index (Phi) is 11.1. The molecule has 0 radical (unpaired) electrons. The fraction of sp³-hybridized carbons (Fsp3) is 0.409. The highest BCUT2D eigenvalue weighted by molar-refractivity contribution is 14.1. The Morgan fingerprint density at radius 1 is 1.00 bits per heavy atom. The zero-order chi connectivity index (χ0) is 18.7. The van der Waals surface area contributed by atoms with Crippen LogP contribution in [0.4, 0.5) is 0 Å². The molecule has 0 heterocycles. The minimum Gasteiger partial charge on any atom is -0.298 e. The average molecular weight is 468 g/mol. The lowest BCUT2D eigenvalue weighted by Gasteiger charge is -2.05. The van der Waals surface area contributed by atoms with Crippen molar-refractivity contribution >= 4 is 40.6 Å². The second-order valence-electron chi connectivity index (χ2n) is 6.57. The Hall–Kier alpha value is -0.810. The number of allylic oxidation sites excluding steroid dienone is 5. The SMILES string of the molecule is CC(C)=CCC/C(C)=C/CC/C(C)=C/CSc1cc(I)ccc1C=O. The van der Waals surface area contributed by atoms with Gasteiger partial charge in [-0.1, -0.05) is 34.9 Å². The van der Waals surface area contributed by atoms with Gasteiger partial charge in [0, 0.05) is 19.8 Å². The number of carbonyl (C=O) groups is 1. The molecule has 0 saturated heterocycles. The number of aldehydes is 1. The molecule has 0 fully saturated rings. The van der Waals surface area contributed by atoms with E-state index in [2.05, 4.69) is 74.6 Å². The van der Waals surface area contributed by atoms with Crippen LogP contribution in [0.15, 0.2) is 58.0 Å². The van der Waals surface area contributed by atoms with Crippen LogP contribution in [0.1, 0.15) is 63.7 Å². The summed E-state index contributed by atoms with van der Waals surface area (Å²) >= 11 is 4.02. The standard InChI is InChI=1S/C22H29IOS/c1-17(2)7-5-8-18(3)9-6-10-19(4)13-14-25-22-15-21(23)12-11-20(22)16-24/h7,9,11-13,15-16H,5-6,8,10,14H2,1-4H3/b18-9+,19-13+. The Balaban J connectivity index is 2.40. The fourth-order valence-electron chi connectivity index (χ4n) is 2.34. The predicted octanol–water partition coefficient (Wildman–Crippen LogP) is 7.62. The third kappa shape index (κ3) is 10.0. The minimum absolute atomic E-state index is 0.784. The lowest BCUT2D eigenvalue weighted by molar-refractivity contribution is 0.112. The number of thioether (sulfide) groups is 1. The fourth-order valence-corrected chi connectivity index (χ4v) is 4.09. The van der Waals surface area contributed by atoms with E-state index in [4.69, 9.17) is 0 Å². The zero-order valence-electron chi connectivity index (χ0n) is 15.8. The van der Waals surface area contributed by atoms with Crippen molar-refractivity contribution in [2.45, 2.75) is 58.3 Å². The third-order valence-corrected chi connectivity index (χ3v) is 5.56. The van der Waals surface area contributed by atoms with E-state index in [0.717, 1.165) is 48.2 Å². The largest absolute Gasteiger partial charge is 0.298 e. The summed E-state index contributed by atoms with van der Waals surface area (Å²) in [4.78, 5) is 12.2. The minimum atomic E-state index is 0.784. The molecule has 1 aromatic rings. The van der Waals surface area contributed by atoms with Crippen LogP contribution in [-0.4, -0.2) is 12.0 Å². The first kappa shape index (κ1) is 22.2. The highest BCUT2D eigenvalue weighted by atomic mass is 127. The molecule has 136 valence electrons. The zero-order valence-corrected chi connectivity index (χ0v) is 18.7. The van der Waals surface area contributed by atoms with E-state index in [0.29, 0.717) is 0 Å². The highest BCUT2D eigenvalue weighted by Gasteiger charge is 2.02. The molecule has 0 bridgehead atoms. The maximum absolute atomic E-state index is 11.1. The summed E-state index contributed by atoms with van der Waals surface area (Å²) in [6.07, 6.45) is 12.4. The summed E-state index contributed by atoms with van der Waals surface area (Å²) in [5, 5.41) is 0. The van der Waals surface area contributed by atoms with Gasteiger partial charge >= 0.3 is 0 Å². The van der Waals surface area contributed by atoms with Crippen LogP contribution < -0.4 is 0 Å². The van der Waals surface area contributed by atoms with Crippen molar-refractivity contribution in [3.8, 4) is 0 Å². The van der Waals surface area contributed by atoms with Gasteiger partial charge in [0.25, 0.3) is 0 Å². The summed E-state index contributed by atoms with van der Waals surface area (Å²) in [6, 6.07) is 5.95. The molecule has 0 amide bonds. The van der Waals surface area contributed by atoms with Crippen LogP contribution in [0.5, 0.6) is 0 Å². The Morgan fingerprint density at radius 3 is 2.28 bits per heavy atom. The van der Waals surface area contributed by atoms with Crippen LogP contribution >= 0.6 is 34.4 Å². The third-order valence-electron chi connectivity index (χ3n) is 3.90. The first-order valence-corrected chi connectivity index (χ1v) is 10.8. The van der Waals surface area contributed by atoms with Crippen molar-refractivity contribution in [3.05, 3.63) is 62.3 Å². The van der Waals surface area contributed by atoms with Gasteiger partial charge in [0.05, 0.1) is 0 Å². The summed E-state index contributed by atoms with van der Waals surface area (Å²) in [5.74, 6) is 0.913. The predicted molar refractivity (Wildman–Crippen MR) is 121 cm³/mol. The lowest BCUT2D eigenvalue weighted by atomic mass is 10.1. The maximum Gasteiger partial charge on any atom is 0.151 e. The second kappa shape index (κ2) is 12.5. The lowest BCUT2D eigenvalue weighted by Crippen LogP contribution is -1.88. The van der Waals surface area contributed by atoms with Gasteiger partial charge in [-0.3, -0.25) is 4.79 Å². The van der Waals surface area contributed by atoms with Crippen LogP contribution in [0.3, 0.4) is 0 Å². The van der Waals surface area contributed by atoms with Crippen molar-refractivity contribution in [3.63, 3.8) is 0 Å². The normalized spacial score (nSPS) is 12.2. The molecule has 0 aliphatic carbocycles. The van der Waals surface area contributed by atoms with E-state index in [1.165, 1.54) is 20.3 Å². The molecule has 0 saturated carbocycles. The molecule has 0 aliphatic rings. The van der Waals surface area contributed by atoms with Gasteiger partial charge in [-0.25, -0.2) is 0 Å². The molecule has 1 aromatic carbocycles. The number of benzene rings is 1. The first-order valence-electron chi connectivity index (χ1n) is 8.74. The average Bonchev–Trinajstić information content (AvgIpc) is 2.54. The number of hydrogen-bond donors (Lipinski definition) is 0. The first-order chi connectivity index (χ1) is 11.9. The van der Waals surface area contributed by atoms with Gasteiger partial charge in [-0.2, -0.15) is 0 Å². The Labute approximate surface area is 171 Å². The Morgan fingerprint density at radius 2 is 1.64 bits per heavy atom. The smallest absolute Gasteiger partial charge is 0.151 e. The Bertz CT molecular complexity index is 652. The number of hydrogen-bond acceptors (Lipinski definition) is 2. The molecular formula is C22H29IOS.